The zero-order chi connectivity index (χ0) is 14.9. The minimum absolute atomic E-state index is 0.0468. The number of rotatable bonds is 3. The third-order valence-electron chi connectivity index (χ3n) is 4.42. The molecule has 0 bridgehead atoms. The molecule has 1 aromatic carbocycles. The van der Waals surface area contributed by atoms with Crippen LogP contribution in [0.2, 0.25) is 0 Å². The lowest BCUT2D eigenvalue weighted by Gasteiger charge is -2.39. The fourth-order valence-corrected chi connectivity index (χ4v) is 3.39. The molecule has 1 aromatic rings. The summed E-state index contributed by atoms with van der Waals surface area (Å²) in [6.07, 6.45) is 3.49. The van der Waals surface area contributed by atoms with Gasteiger partial charge in [0.05, 0.1) is 13.7 Å². The highest BCUT2D eigenvalue weighted by atomic mass is 16.5. The minimum atomic E-state index is -0.655. The van der Waals surface area contributed by atoms with E-state index in [0.29, 0.717) is 6.54 Å². The molecular weight excluding hydrogens is 268 g/mol. The second kappa shape index (κ2) is 5.39. The lowest BCUT2D eigenvalue weighted by Crippen LogP contribution is -2.65. The van der Waals surface area contributed by atoms with Gasteiger partial charge in [-0.2, -0.15) is 0 Å². The number of carbonyl (C=O) groups excluding carboxylic acids is 2. The molecule has 1 N–H and O–H groups in total. The van der Waals surface area contributed by atoms with Gasteiger partial charge in [0.15, 0.2) is 0 Å². The number of piperazine rings is 1. The molecule has 2 amide bonds. The minimum Gasteiger partial charge on any atom is -0.496 e. The number of amides is 2. The highest BCUT2D eigenvalue weighted by Crippen LogP contribution is 2.34. The van der Waals surface area contributed by atoms with Crippen LogP contribution in [0.1, 0.15) is 31.2 Å². The van der Waals surface area contributed by atoms with E-state index < -0.39 is 5.54 Å². The van der Waals surface area contributed by atoms with Gasteiger partial charge in [0.1, 0.15) is 11.3 Å². The van der Waals surface area contributed by atoms with Crippen molar-refractivity contribution in [3.8, 4) is 5.75 Å². The maximum atomic E-state index is 12.8. The van der Waals surface area contributed by atoms with Gasteiger partial charge in [-0.05, 0) is 18.9 Å². The number of hydrogen-bond acceptors (Lipinski definition) is 3. The number of hydrogen-bond donors (Lipinski definition) is 1. The molecule has 1 aliphatic heterocycles. The molecule has 3 rings (SSSR count). The highest BCUT2D eigenvalue weighted by Gasteiger charge is 2.48. The van der Waals surface area contributed by atoms with Gasteiger partial charge in [-0.15, -0.1) is 0 Å². The molecular formula is C16H20N2O3. The topological polar surface area (TPSA) is 58.6 Å². The quantitative estimate of drug-likeness (QED) is 0.916. The molecule has 0 aromatic heterocycles. The Labute approximate surface area is 124 Å². The van der Waals surface area contributed by atoms with Crippen molar-refractivity contribution in [2.75, 3.05) is 13.7 Å². The van der Waals surface area contributed by atoms with Crippen LogP contribution in [0.5, 0.6) is 5.75 Å². The Kier molecular flexibility index (Phi) is 3.57. The summed E-state index contributed by atoms with van der Waals surface area (Å²) in [5, 5.41) is 2.92. The molecule has 2 fully saturated rings. The SMILES string of the molecule is COc1ccccc1CN1CC(=O)NC2(CCCC2)C1=O. The molecule has 112 valence electrons. The van der Waals surface area contributed by atoms with Crippen LogP contribution >= 0.6 is 0 Å². The molecule has 0 atom stereocenters. The fraction of sp³-hybridized carbons (Fsp3) is 0.500. The Morgan fingerprint density at radius 3 is 2.67 bits per heavy atom. The summed E-state index contributed by atoms with van der Waals surface area (Å²) in [5.41, 5.74) is 0.272. The molecule has 0 unspecified atom stereocenters. The molecule has 1 saturated heterocycles. The van der Waals surface area contributed by atoms with Gasteiger partial charge in [0.25, 0.3) is 0 Å². The first kappa shape index (κ1) is 13.9. The Morgan fingerprint density at radius 1 is 1.24 bits per heavy atom. The standard InChI is InChI=1S/C16H20N2O3/c1-21-13-7-3-2-6-12(13)10-18-11-14(19)17-16(15(18)20)8-4-5-9-16/h2-3,6-7H,4-5,8-11H2,1H3,(H,17,19). The molecule has 2 aliphatic rings. The molecule has 1 aliphatic carbocycles. The molecule has 21 heavy (non-hydrogen) atoms. The van der Waals surface area contributed by atoms with Crippen LogP contribution in [0.3, 0.4) is 0 Å². The van der Waals surface area contributed by atoms with Crippen LogP contribution < -0.4 is 10.1 Å². The number of methoxy groups -OCH3 is 1. The van der Waals surface area contributed by atoms with Crippen molar-refractivity contribution in [3.63, 3.8) is 0 Å². The molecule has 5 heteroatoms. The number of para-hydroxylation sites is 1. The molecule has 0 radical (unpaired) electrons. The predicted molar refractivity (Wildman–Crippen MR) is 77.8 cm³/mol. The zero-order valence-electron chi connectivity index (χ0n) is 12.2. The summed E-state index contributed by atoms with van der Waals surface area (Å²) in [7, 11) is 1.61. The predicted octanol–water partition coefficient (Wildman–Crippen LogP) is 1.47. The van der Waals surface area contributed by atoms with Gasteiger partial charge >= 0.3 is 0 Å². The van der Waals surface area contributed by atoms with Gasteiger partial charge in [0, 0.05) is 12.1 Å². The first-order valence-electron chi connectivity index (χ1n) is 7.37. The lowest BCUT2D eigenvalue weighted by molar-refractivity contribution is -0.150. The largest absolute Gasteiger partial charge is 0.496 e. The van der Waals surface area contributed by atoms with E-state index in [9.17, 15) is 9.59 Å². The second-order valence-electron chi connectivity index (χ2n) is 5.81. The molecule has 5 nitrogen and oxygen atoms in total. The van der Waals surface area contributed by atoms with E-state index in [4.69, 9.17) is 4.74 Å². The van der Waals surface area contributed by atoms with Crippen molar-refractivity contribution in [2.45, 2.75) is 37.8 Å². The van der Waals surface area contributed by atoms with Crippen molar-refractivity contribution in [3.05, 3.63) is 29.8 Å². The summed E-state index contributed by atoms with van der Waals surface area (Å²) in [6.45, 7) is 0.538. The lowest BCUT2D eigenvalue weighted by atomic mass is 9.92. The molecule has 1 spiro atoms. The van der Waals surface area contributed by atoms with E-state index >= 15 is 0 Å². The summed E-state index contributed by atoms with van der Waals surface area (Å²) in [6, 6.07) is 7.61. The van der Waals surface area contributed by atoms with E-state index in [0.717, 1.165) is 37.0 Å². The van der Waals surface area contributed by atoms with Crippen LogP contribution in [0.4, 0.5) is 0 Å². The zero-order valence-corrected chi connectivity index (χ0v) is 12.2. The summed E-state index contributed by atoms with van der Waals surface area (Å²) in [5.74, 6) is 0.730. The third-order valence-corrected chi connectivity index (χ3v) is 4.42. The van der Waals surface area contributed by atoms with Crippen LogP contribution in [0.15, 0.2) is 24.3 Å². The maximum absolute atomic E-state index is 12.8. The number of nitrogens with zero attached hydrogens (tertiary/aromatic N) is 1. The third kappa shape index (κ3) is 2.48. The fourth-order valence-electron chi connectivity index (χ4n) is 3.39. The van der Waals surface area contributed by atoms with Crippen molar-refractivity contribution in [2.24, 2.45) is 0 Å². The van der Waals surface area contributed by atoms with Crippen molar-refractivity contribution in [1.29, 1.82) is 0 Å². The van der Waals surface area contributed by atoms with Crippen LogP contribution in [-0.2, 0) is 16.1 Å². The molecule has 1 heterocycles. The highest BCUT2D eigenvalue weighted by molar-refractivity contribution is 5.98. The monoisotopic (exact) mass is 288 g/mol. The van der Waals surface area contributed by atoms with Gasteiger partial charge < -0.3 is 15.0 Å². The summed E-state index contributed by atoms with van der Waals surface area (Å²) in [4.78, 5) is 26.4. The van der Waals surface area contributed by atoms with Gasteiger partial charge in [-0.1, -0.05) is 31.0 Å². The smallest absolute Gasteiger partial charge is 0.249 e. The van der Waals surface area contributed by atoms with Crippen molar-refractivity contribution < 1.29 is 14.3 Å². The molecule has 1 saturated carbocycles. The van der Waals surface area contributed by atoms with Crippen molar-refractivity contribution in [1.82, 2.24) is 10.2 Å². The summed E-state index contributed by atoms with van der Waals surface area (Å²) >= 11 is 0. The van der Waals surface area contributed by atoms with E-state index in [1.54, 1.807) is 12.0 Å². The van der Waals surface area contributed by atoms with Crippen LogP contribution in [0, 0.1) is 0 Å². The van der Waals surface area contributed by atoms with Crippen LogP contribution in [-0.4, -0.2) is 35.9 Å². The number of nitrogens with one attached hydrogen (secondary N) is 1. The first-order valence-corrected chi connectivity index (χ1v) is 7.37. The Hall–Kier alpha value is -2.04. The van der Waals surface area contributed by atoms with Gasteiger partial charge in [-0.3, -0.25) is 9.59 Å². The summed E-state index contributed by atoms with van der Waals surface area (Å²) < 4.78 is 5.33. The maximum Gasteiger partial charge on any atom is 0.249 e. The number of carbonyl (C=O) groups is 2. The Balaban J connectivity index is 1.84. The van der Waals surface area contributed by atoms with Gasteiger partial charge in [0.2, 0.25) is 11.8 Å². The normalized spacial score (nSPS) is 20.7. The van der Waals surface area contributed by atoms with E-state index in [2.05, 4.69) is 5.32 Å². The van der Waals surface area contributed by atoms with E-state index in [1.807, 2.05) is 24.3 Å². The van der Waals surface area contributed by atoms with Crippen molar-refractivity contribution >= 4 is 11.8 Å². The first-order chi connectivity index (χ1) is 10.1. The Bertz CT molecular complexity index is 564. The average molecular weight is 288 g/mol. The Morgan fingerprint density at radius 2 is 1.95 bits per heavy atom. The number of benzene rings is 1. The van der Waals surface area contributed by atoms with Gasteiger partial charge in [-0.25, -0.2) is 0 Å². The second-order valence-corrected chi connectivity index (χ2v) is 5.81. The van der Waals surface area contributed by atoms with E-state index in [-0.39, 0.29) is 18.4 Å². The van der Waals surface area contributed by atoms with E-state index in [1.165, 1.54) is 0 Å². The number of ether oxygens (including phenoxy) is 1. The average Bonchev–Trinajstić information content (AvgIpc) is 2.94. The van der Waals surface area contributed by atoms with Crippen LogP contribution in [0.25, 0.3) is 0 Å².